The van der Waals surface area contributed by atoms with Gasteiger partial charge in [0.2, 0.25) is 5.92 Å². The van der Waals surface area contributed by atoms with Crippen LogP contribution in [0.4, 0.5) is 0 Å². The van der Waals surface area contributed by atoms with E-state index in [4.69, 9.17) is 15.6 Å². The first-order chi connectivity index (χ1) is 5.26. The van der Waals surface area contributed by atoms with Crippen LogP contribution in [0.5, 0.6) is 0 Å². The Labute approximate surface area is 63.4 Å². The highest BCUT2D eigenvalue weighted by Crippen LogP contribution is 1.94. The number of rotatable bonds is 3. The number of esters is 1. The molecule has 0 fully saturated rings. The van der Waals surface area contributed by atoms with Crippen LogP contribution in [0, 0.1) is 28.6 Å². The maximum absolute atomic E-state index is 10.6. The number of hydrogen-bond acceptors (Lipinski definition) is 5. The fraction of sp³-hybridized carbons (Fsp3) is 0.500. The highest BCUT2D eigenvalue weighted by atomic mass is 16.5. The molecule has 0 saturated heterocycles. The highest BCUT2D eigenvalue weighted by molar-refractivity contribution is 5.78. The van der Waals surface area contributed by atoms with E-state index in [0.29, 0.717) is 0 Å². The molecule has 0 atom stereocenters. The van der Waals surface area contributed by atoms with Crippen LogP contribution in [-0.4, -0.2) is 24.3 Å². The first-order valence-corrected chi connectivity index (χ1v) is 2.83. The molecule has 0 aromatic carbocycles. The van der Waals surface area contributed by atoms with Crippen LogP contribution in [0.3, 0.4) is 0 Å². The van der Waals surface area contributed by atoms with Crippen molar-refractivity contribution >= 4 is 5.97 Å². The predicted molar refractivity (Wildman–Crippen MR) is 32.8 cm³/mol. The Morgan fingerprint density at radius 2 is 2.09 bits per heavy atom. The summed E-state index contributed by atoms with van der Waals surface area (Å²) in [5, 5.41) is 24.5. The smallest absolute Gasteiger partial charge is 0.338 e. The van der Waals surface area contributed by atoms with Crippen LogP contribution in [0.2, 0.25) is 0 Å². The van der Waals surface area contributed by atoms with E-state index in [1.54, 1.807) is 0 Å². The molecule has 11 heavy (non-hydrogen) atoms. The van der Waals surface area contributed by atoms with Crippen molar-refractivity contribution in [3.05, 3.63) is 0 Å². The maximum Gasteiger partial charge on any atom is 0.338 e. The van der Waals surface area contributed by atoms with Crippen LogP contribution in [0.25, 0.3) is 0 Å². The van der Waals surface area contributed by atoms with Gasteiger partial charge in [-0.1, -0.05) is 0 Å². The lowest BCUT2D eigenvalue weighted by Gasteiger charge is -2.00. The standard InChI is InChI=1S/C6H6N2O3/c7-3-5(4-8)6(10)11-2-1-9/h5,9H,1-2H2. The summed E-state index contributed by atoms with van der Waals surface area (Å²) >= 11 is 0. The summed E-state index contributed by atoms with van der Waals surface area (Å²) < 4.78 is 4.30. The number of hydrogen-bond donors (Lipinski definition) is 1. The summed E-state index contributed by atoms with van der Waals surface area (Å²) in [6.07, 6.45) is 0. The Morgan fingerprint density at radius 3 is 2.45 bits per heavy atom. The number of carbonyl (C=O) groups is 1. The van der Waals surface area contributed by atoms with E-state index in [1.165, 1.54) is 12.1 Å². The first-order valence-electron chi connectivity index (χ1n) is 2.83. The number of nitriles is 2. The van der Waals surface area contributed by atoms with Crippen LogP contribution in [-0.2, 0) is 9.53 Å². The van der Waals surface area contributed by atoms with Gasteiger partial charge in [0.1, 0.15) is 6.61 Å². The molecule has 0 rings (SSSR count). The average Bonchev–Trinajstić information content (AvgIpc) is 2.03. The third-order valence-electron chi connectivity index (χ3n) is 0.830. The van der Waals surface area contributed by atoms with Gasteiger partial charge < -0.3 is 9.84 Å². The second kappa shape index (κ2) is 5.21. The van der Waals surface area contributed by atoms with Crippen molar-refractivity contribution in [1.29, 1.82) is 10.5 Å². The SMILES string of the molecule is N#CC(C#N)C(=O)OCCO. The van der Waals surface area contributed by atoms with Crippen LogP contribution >= 0.6 is 0 Å². The minimum absolute atomic E-state index is 0.182. The van der Waals surface area contributed by atoms with Crippen molar-refractivity contribution in [3.63, 3.8) is 0 Å². The summed E-state index contributed by atoms with van der Waals surface area (Å²) in [4.78, 5) is 10.6. The quantitative estimate of drug-likeness (QED) is 0.536. The Kier molecular flexibility index (Phi) is 4.46. The highest BCUT2D eigenvalue weighted by Gasteiger charge is 2.17. The third kappa shape index (κ3) is 3.19. The molecule has 1 N–H and O–H groups in total. The number of nitrogens with zero attached hydrogens (tertiary/aromatic N) is 2. The fourth-order valence-corrected chi connectivity index (χ4v) is 0.364. The Bertz CT molecular complexity index is 199. The lowest BCUT2D eigenvalue weighted by Crippen LogP contribution is -2.16. The largest absolute Gasteiger partial charge is 0.461 e. The normalized spacial score (nSPS) is 8.36. The molecule has 0 aliphatic carbocycles. The zero-order valence-electron chi connectivity index (χ0n) is 5.65. The molecule has 0 aromatic rings. The molecular weight excluding hydrogens is 148 g/mol. The molecule has 0 aliphatic rings. The Balaban J connectivity index is 3.85. The van der Waals surface area contributed by atoms with Gasteiger partial charge in [0.05, 0.1) is 18.7 Å². The summed E-state index contributed by atoms with van der Waals surface area (Å²) in [5.41, 5.74) is 0. The van der Waals surface area contributed by atoms with E-state index in [0.717, 1.165) is 0 Å². The molecule has 0 aliphatic heterocycles. The van der Waals surface area contributed by atoms with Crippen molar-refractivity contribution in [2.24, 2.45) is 5.92 Å². The van der Waals surface area contributed by atoms with Gasteiger partial charge in [-0.15, -0.1) is 0 Å². The van der Waals surface area contributed by atoms with Gasteiger partial charge in [-0.3, -0.25) is 0 Å². The van der Waals surface area contributed by atoms with Crippen molar-refractivity contribution in [3.8, 4) is 12.1 Å². The monoisotopic (exact) mass is 154 g/mol. The Morgan fingerprint density at radius 1 is 1.55 bits per heavy atom. The van der Waals surface area contributed by atoms with Crippen molar-refractivity contribution < 1.29 is 14.6 Å². The van der Waals surface area contributed by atoms with Crippen molar-refractivity contribution in [2.75, 3.05) is 13.2 Å². The lowest BCUT2D eigenvalue weighted by molar-refractivity contribution is -0.145. The molecule has 0 unspecified atom stereocenters. The van der Waals surface area contributed by atoms with Crippen molar-refractivity contribution in [2.45, 2.75) is 0 Å². The van der Waals surface area contributed by atoms with Gasteiger partial charge in [-0.25, -0.2) is 4.79 Å². The fourth-order valence-electron chi connectivity index (χ4n) is 0.364. The van der Waals surface area contributed by atoms with Gasteiger partial charge in [0.15, 0.2) is 0 Å². The predicted octanol–water partition coefficient (Wildman–Crippen LogP) is -0.815. The van der Waals surface area contributed by atoms with Crippen LogP contribution in [0.1, 0.15) is 0 Å². The molecule has 5 nitrogen and oxygen atoms in total. The molecule has 0 amide bonds. The van der Waals surface area contributed by atoms with E-state index in [-0.39, 0.29) is 13.2 Å². The molecule has 58 valence electrons. The van der Waals surface area contributed by atoms with Gasteiger partial charge in [-0.2, -0.15) is 10.5 Å². The molecule has 0 spiro atoms. The summed E-state index contributed by atoms with van der Waals surface area (Å²) in [5.74, 6) is -2.30. The first kappa shape index (κ1) is 9.41. The zero-order valence-corrected chi connectivity index (χ0v) is 5.65. The van der Waals surface area contributed by atoms with Gasteiger partial charge in [0.25, 0.3) is 0 Å². The minimum atomic E-state index is -1.39. The van der Waals surface area contributed by atoms with Gasteiger partial charge in [-0.05, 0) is 0 Å². The topological polar surface area (TPSA) is 94.1 Å². The molecule has 5 heteroatoms. The van der Waals surface area contributed by atoms with E-state index in [2.05, 4.69) is 4.74 Å². The van der Waals surface area contributed by atoms with E-state index < -0.39 is 11.9 Å². The van der Waals surface area contributed by atoms with Crippen LogP contribution in [0.15, 0.2) is 0 Å². The van der Waals surface area contributed by atoms with Gasteiger partial charge >= 0.3 is 5.97 Å². The van der Waals surface area contributed by atoms with Crippen molar-refractivity contribution in [1.82, 2.24) is 0 Å². The summed E-state index contributed by atoms with van der Waals surface area (Å²) in [7, 11) is 0. The lowest BCUT2D eigenvalue weighted by atomic mass is 10.2. The van der Waals surface area contributed by atoms with Crippen LogP contribution < -0.4 is 0 Å². The minimum Gasteiger partial charge on any atom is -0.461 e. The van der Waals surface area contributed by atoms with Gasteiger partial charge in [0, 0.05) is 0 Å². The third-order valence-corrected chi connectivity index (χ3v) is 0.830. The molecule has 0 saturated carbocycles. The zero-order chi connectivity index (χ0) is 8.69. The van der Waals surface area contributed by atoms with E-state index in [9.17, 15) is 4.79 Å². The van der Waals surface area contributed by atoms with E-state index >= 15 is 0 Å². The number of carbonyl (C=O) groups excluding carboxylic acids is 1. The second-order valence-electron chi connectivity index (χ2n) is 1.58. The molecule has 0 aromatic heterocycles. The number of aliphatic hydroxyl groups excluding tert-OH is 1. The number of aliphatic hydroxyl groups is 1. The summed E-state index contributed by atoms with van der Waals surface area (Å²) in [6, 6.07) is 2.89. The maximum atomic E-state index is 10.6. The number of ether oxygens (including phenoxy) is 1. The Hall–Kier alpha value is -1.59. The molecule has 0 heterocycles. The second-order valence-corrected chi connectivity index (χ2v) is 1.58. The molecule has 0 radical (unpaired) electrons. The molecule has 0 bridgehead atoms. The average molecular weight is 154 g/mol. The van der Waals surface area contributed by atoms with E-state index in [1.807, 2.05) is 0 Å². The molecular formula is C6H6N2O3. The summed E-state index contributed by atoms with van der Waals surface area (Å²) in [6.45, 7) is -0.492.